The van der Waals surface area contributed by atoms with E-state index < -0.39 is 0 Å². The van der Waals surface area contributed by atoms with Gasteiger partial charge in [-0.05, 0) is 44.4 Å². The van der Waals surface area contributed by atoms with Crippen LogP contribution in [0, 0.1) is 5.92 Å². The Hall–Kier alpha value is -2.76. The maximum atomic E-state index is 13.5. The number of urea groups is 1. The Morgan fingerprint density at radius 2 is 1.80 bits per heavy atom. The first-order valence-electron chi connectivity index (χ1n) is 10.7. The van der Waals surface area contributed by atoms with Crippen molar-refractivity contribution in [2.24, 2.45) is 5.92 Å². The van der Waals surface area contributed by atoms with Crippen LogP contribution in [-0.4, -0.2) is 51.5 Å². The molecule has 0 aliphatic carbocycles. The van der Waals surface area contributed by atoms with Crippen LogP contribution in [0.1, 0.15) is 51.9 Å². The summed E-state index contributed by atoms with van der Waals surface area (Å²) in [5.41, 5.74) is 1.84. The third-order valence-electron chi connectivity index (χ3n) is 5.15. The Labute approximate surface area is 179 Å². The van der Waals surface area contributed by atoms with Crippen molar-refractivity contribution in [2.45, 2.75) is 52.7 Å². The molecule has 1 aliphatic rings. The van der Waals surface area contributed by atoms with Gasteiger partial charge in [0.25, 0.3) is 0 Å². The fourth-order valence-corrected chi connectivity index (χ4v) is 3.95. The van der Waals surface area contributed by atoms with Gasteiger partial charge in [-0.25, -0.2) is 4.79 Å². The smallest absolute Gasteiger partial charge is 0.318 e. The number of nitrogens with one attached hydrogen (secondary N) is 1. The first-order valence-corrected chi connectivity index (χ1v) is 10.7. The highest BCUT2D eigenvalue weighted by molar-refractivity contribution is 5.85. The number of nitrogens with zero attached hydrogens (tertiary/aromatic N) is 3. The molecule has 0 saturated heterocycles. The maximum Gasteiger partial charge on any atom is 0.318 e. The lowest BCUT2D eigenvalue weighted by Crippen LogP contribution is -2.53. The highest BCUT2D eigenvalue weighted by Crippen LogP contribution is 2.32. The van der Waals surface area contributed by atoms with Crippen molar-refractivity contribution in [3.8, 4) is 0 Å². The minimum atomic E-state index is -0.353. The molecule has 1 atom stereocenters. The quantitative estimate of drug-likeness (QED) is 0.813. The highest BCUT2D eigenvalue weighted by Gasteiger charge is 2.33. The van der Waals surface area contributed by atoms with E-state index in [1.165, 1.54) is 0 Å². The summed E-state index contributed by atoms with van der Waals surface area (Å²) < 4.78 is 2.21. The number of hydrogen-bond donors (Lipinski definition) is 1. The number of amides is 3. The fourth-order valence-electron chi connectivity index (χ4n) is 3.95. The van der Waals surface area contributed by atoms with Crippen LogP contribution in [0.3, 0.4) is 0 Å². The van der Waals surface area contributed by atoms with Crippen molar-refractivity contribution in [3.63, 3.8) is 0 Å². The van der Waals surface area contributed by atoms with Crippen molar-refractivity contribution in [3.05, 3.63) is 59.9 Å². The number of aromatic nitrogens is 1. The van der Waals surface area contributed by atoms with Gasteiger partial charge in [-0.3, -0.25) is 4.79 Å². The molecule has 0 saturated carbocycles. The van der Waals surface area contributed by atoms with Gasteiger partial charge in [-0.2, -0.15) is 0 Å². The Bertz CT molecular complexity index is 867. The standard InChI is InChI=1S/C24H34N4O2/c1-18(2)16-27(23(30)25-24(3,4)5)17-21(29)28-15-14-26-13-9-12-20(26)22(28)19-10-7-6-8-11-19/h6-13,18,22H,14-17H2,1-5H3,(H,25,30)/t22-/m1/s1. The third kappa shape index (κ3) is 5.23. The lowest BCUT2D eigenvalue weighted by atomic mass is 10.00. The Balaban J connectivity index is 1.85. The van der Waals surface area contributed by atoms with Gasteiger partial charge in [0.2, 0.25) is 5.91 Å². The summed E-state index contributed by atoms with van der Waals surface area (Å²) >= 11 is 0. The van der Waals surface area contributed by atoms with Crippen molar-refractivity contribution >= 4 is 11.9 Å². The van der Waals surface area contributed by atoms with Gasteiger partial charge in [0, 0.05) is 37.1 Å². The monoisotopic (exact) mass is 410 g/mol. The molecule has 1 aromatic heterocycles. The van der Waals surface area contributed by atoms with E-state index in [0.717, 1.165) is 17.8 Å². The Morgan fingerprint density at radius 3 is 2.43 bits per heavy atom. The molecule has 0 radical (unpaired) electrons. The fraction of sp³-hybridized carbons (Fsp3) is 0.500. The SMILES string of the molecule is CC(C)CN(CC(=O)N1CCn2cccc2[C@H]1c1ccccc1)C(=O)NC(C)(C)C. The van der Waals surface area contributed by atoms with Crippen LogP contribution in [0.15, 0.2) is 48.7 Å². The zero-order chi connectivity index (χ0) is 21.9. The van der Waals surface area contributed by atoms with E-state index >= 15 is 0 Å². The first-order chi connectivity index (χ1) is 14.2. The average molecular weight is 411 g/mol. The molecule has 162 valence electrons. The van der Waals surface area contributed by atoms with Crippen LogP contribution < -0.4 is 5.32 Å². The Kier molecular flexibility index (Phi) is 6.54. The molecular weight excluding hydrogens is 376 g/mol. The number of carbonyl (C=O) groups is 2. The van der Waals surface area contributed by atoms with Gasteiger partial charge in [0.15, 0.2) is 0 Å². The molecule has 1 aliphatic heterocycles. The molecule has 0 bridgehead atoms. The highest BCUT2D eigenvalue weighted by atomic mass is 16.2. The molecule has 1 N–H and O–H groups in total. The summed E-state index contributed by atoms with van der Waals surface area (Å²) in [4.78, 5) is 29.9. The summed E-state index contributed by atoms with van der Waals surface area (Å²) in [6.07, 6.45) is 2.06. The van der Waals surface area contributed by atoms with Gasteiger partial charge >= 0.3 is 6.03 Å². The largest absolute Gasteiger partial charge is 0.348 e. The number of benzene rings is 1. The molecule has 0 unspecified atom stereocenters. The second-order valence-electron chi connectivity index (χ2n) is 9.48. The second-order valence-corrected chi connectivity index (χ2v) is 9.48. The van der Waals surface area contributed by atoms with Gasteiger partial charge in [-0.15, -0.1) is 0 Å². The lowest BCUT2D eigenvalue weighted by molar-refractivity contribution is -0.134. The Morgan fingerprint density at radius 1 is 1.10 bits per heavy atom. The minimum Gasteiger partial charge on any atom is -0.348 e. The van der Waals surface area contributed by atoms with E-state index in [1.54, 1.807) is 4.90 Å². The summed E-state index contributed by atoms with van der Waals surface area (Å²) in [6, 6.07) is 13.9. The minimum absolute atomic E-state index is 0.0268. The number of hydrogen-bond acceptors (Lipinski definition) is 2. The van der Waals surface area contributed by atoms with E-state index in [0.29, 0.717) is 13.1 Å². The van der Waals surface area contributed by atoms with Crippen LogP contribution in [0.5, 0.6) is 0 Å². The first kappa shape index (κ1) is 21.9. The molecule has 6 nitrogen and oxygen atoms in total. The number of carbonyl (C=O) groups excluding carboxylic acids is 2. The van der Waals surface area contributed by atoms with E-state index in [4.69, 9.17) is 0 Å². The van der Waals surface area contributed by atoms with Crippen molar-refractivity contribution in [2.75, 3.05) is 19.6 Å². The molecule has 3 rings (SSSR count). The predicted octanol–water partition coefficient (Wildman–Crippen LogP) is 3.89. The van der Waals surface area contributed by atoms with Crippen LogP contribution in [0.4, 0.5) is 4.79 Å². The molecule has 0 fully saturated rings. The van der Waals surface area contributed by atoms with E-state index in [-0.39, 0.29) is 36.0 Å². The molecular formula is C24H34N4O2. The summed E-state index contributed by atoms with van der Waals surface area (Å²) in [5.74, 6) is 0.244. The van der Waals surface area contributed by atoms with Crippen LogP contribution in [0.25, 0.3) is 0 Å². The van der Waals surface area contributed by atoms with Crippen molar-refractivity contribution in [1.29, 1.82) is 0 Å². The van der Waals surface area contributed by atoms with E-state index in [1.807, 2.05) is 49.9 Å². The third-order valence-corrected chi connectivity index (χ3v) is 5.15. The molecule has 2 aromatic rings. The molecule has 30 heavy (non-hydrogen) atoms. The van der Waals surface area contributed by atoms with Gasteiger partial charge < -0.3 is 19.7 Å². The molecule has 2 heterocycles. The van der Waals surface area contributed by atoms with Gasteiger partial charge in [-0.1, -0.05) is 44.2 Å². The molecule has 6 heteroatoms. The van der Waals surface area contributed by atoms with E-state index in [9.17, 15) is 9.59 Å². The van der Waals surface area contributed by atoms with Crippen LogP contribution >= 0.6 is 0 Å². The zero-order valence-electron chi connectivity index (χ0n) is 18.8. The zero-order valence-corrected chi connectivity index (χ0v) is 18.8. The van der Waals surface area contributed by atoms with Gasteiger partial charge in [0.1, 0.15) is 6.54 Å². The average Bonchev–Trinajstić information content (AvgIpc) is 3.14. The summed E-state index contributed by atoms with van der Waals surface area (Å²) in [7, 11) is 0. The molecule has 0 spiro atoms. The number of rotatable bonds is 5. The van der Waals surface area contributed by atoms with Gasteiger partial charge in [0.05, 0.1) is 6.04 Å². The topological polar surface area (TPSA) is 57.6 Å². The summed E-state index contributed by atoms with van der Waals surface area (Å²) in [5, 5.41) is 3.00. The number of fused-ring (bicyclic) bond motifs is 1. The van der Waals surface area contributed by atoms with Crippen LogP contribution in [0.2, 0.25) is 0 Å². The van der Waals surface area contributed by atoms with Crippen LogP contribution in [-0.2, 0) is 11.3 Å². The lowest BCUT2D eigenvalue weighted by Gasteiger charge is -2.39. The molecule has 1 aromatic carbocycles. The molecule has 3 amide bonds. The predicted molar refractivity (Wildman–Crippen MR) is 119 cm³/mol. The van der Waals surface area contributed by atoms with E-state index in [2.05, 4.69) is 48.1 Å². The normalized spacial score (nSPS) is 16.3. The maximum absolute atomic E-state index is 13.5. The van der Waals surface area contributed by atoms with Crippen molar-refractivity contribution in [1.82, 2.24) is 19.7 Å². The summed E-state index contributed by atoms with van der Waals surface area (Å²) in [6.45, 7) is 12.0. The van der Waals surface area contributed by atoms with Crippen molar-refractivity contribution < 1.29 is 9.59 Å². The second kappa shape index (κ2) is 8.94.